The van der Waals surface area contributed by atoms with Crippen LogP contribution in [0.25, 0.3) is 10.8 Å². The summed E-state index contributed by atoms with van der Waals surface area (Å²) in [5.74, 6) is -0.205. The van der Waals surface area contributed by atoms with Gasteiger partial charge in [-0.05, 0) is 41.0 Å². The number of carbonyl (C=O) groups is 1. The van der Waals surface area contributed by atoms with Gasteiger partial charge in [-0.3, -0.25) is 4.79 Å². The summed E-state index contributed by atoms with van der Waals surface area (Å²) >= 11 is 6.24. The third-order valence-corrected chi connectivity index (χ3v) is 7.73. The standard InChI is InChI=1S/C22H20ClNO3S/c23-20-8-4-3-7-19(20)21-11-12-24(13-14-28(21,26)27)22(25)18-10-9-16-5-1-2-6-17(16)15-18/h1-10,15,21H,11-14H2. The average molecular weight is 414 g/mol. The first-order valence-electron chi connectivity index (χ1n) is 9.20. The fourth-order valence-corrected chi connectivity index (χ4v) is 5.89. The van der Waals surface area contributed by atoms with Crippen LogP contribution in [0.5, 0.6) is 0 Å². The van der Waals surface area contributed by atoms with E-state index in [-0.39, 0.29) is 18.2 Å². The molecule has 1 aliphatic rings. The number of carbonyl (C=O) groups excluding carboxylic acids is 1. The third-order valence-electron chi connectivity index (χ3n) is 5.28. The molecule has 28 heavy (non-hydrogen) atoms. The van der Waals surface area contributed by atoms with E-state index in [2.05, 4.69) is 0 Å². The van der Waals surface area contributed by atoms with Gasteiger partial charge in [0.25, 0.3) is 5.91 Å². The summed E-state index contributed by atoms with van der Waals surface area (Å²) in [4.78, 5) is 14.7. The Labute approximate surface area is 169 Å². The van der Waals surface area contributed by atoms with E-state index in [1.54, 1.807) is 35.2 Å². The highest BCUT2D eigenvalue weighted by molar-refractivity contribution is 7.91. The van der Waals surface area contributed by atoms with Crippen LogP contribution >= 0.6 is 11.6 Å². The van der Waals surface area contributed by atoms with Crippen molar-refractivity contribution >= 4 is 38.1 Å². The molecule has 3 aromatic rings. The van der Waals surface area contributed by atoms with Crippen LogP contribution in [0, 0.1) is 0 Å². The minimum atomic E-state index is -3.40. The Kier molecular flexibility index (Phi) is 5.13. The van der Waals surface area contributed by atoms with Crippen molar-refractivity contribution < 1.29 is 13.2 Å². The van der Waals surface area contributed by atoms with Crippen molar-refractivity contribution in [3.63, 3.8) is 0 Å². The maximum Gasteiger partial charge on any atom is 0.253 e. The van der Waals surface area contributed by atoms with Crippen LogP contribution in [0.2, 0.25) is 5.02 Å². The van der Waals surface area contributed by atoms with Crippen LogP contribution in [0.1, 0.15) is 27.6 Å². The Balaban J connectivity index is 1.60. The highest BCUT2D eigenvalue weighted by Crippen LogP contribution is 2.34. The van der Waals surface area contributed by atoms with Gasteiger partial charge in [0.2, 0.25) is 0 Å². The molecule has 6 heteroatoms. The van der Waals surface area contributed by atoms with Gasteiger partial charge in [0.15, 0.2) is 9.84 Å². The lowest BCUT2D eigenvalue weighted by Crippen LogP contribution is -2.33. The zero-order valence-corrected chi connectivity index (χ0v) is 16.8. The fourth-order valence-electron chi connectivity index (χ4n) is 3.74. The first-order valence-corrected chi connectivity index (χ1v) is 11.3. The second-order valence-electron chi connectivity index (χ2n) is 7.02. The van der Waals surface area contributed by atoms with Crippen LogP contribution in [0.3, 0.4) is 0 Å². The minimum Gasteiger partial charge on any atom is -0.338 e. The zero-order chi connectivity index (χ0) is 19.7. The number of benzene rings is 3. The van der Waals surface area contributed by atoms with Gasteiger partial charge in [0, 0.05) is 23.7 Å². The van der Waals surface area contributed by atoms with Crippen molar-refractivity contribution in [3.8, 4) is 0 Å². The molecular weight excluding hydrogens is 394 g/mol. The van der Waals surface area contributed by atoms with Crippen LogP contribution in [0.4, 0.5) is 0 Å². The molecule has 0 N–H and O–H groups in total. The molecule has 0 spiro atoms. The first-order chi connectivity index (χ1) is 13.5. The largest absolute Gasteiger partial charge is 0.338 e. The number of nitrogens with zero attached hydrogens (tertiary/aromatic N) is 1. The molecule has 144 valence electrons. The third kappa shape index (κ3) is 3.64. The maximum absolute atomic E-state index is 13.0. The van der Waals surface area contributed by atoms with Gasteiger partial charge in [-0.15, -0.1) is 0 Å². The van der Waals surface area contributed by atoms with Gasteiger partial charge in [0.1, 0.15) is 0 Å². The molecule has 1 atom stereocenters. The molecule has 1 heterocycles. The van der Waals surface area contributed by atoms with Gasteiger partial charge in [-0.2, -0.15) is 0 Å². The van der Waals surface area contributed by atoms with Crippen molar-refractivity contribution in [3.05, 3.63) is 82.9 Å². The Hall–Kier alpha value is -2.37. The lowest BCUT2D eigenvalue weighted by molar-refractivity contribution is 0.0766. The van der Waals surface area contributed by atoms with Gasteiger partial charge in [-0.1, -0.05) is 60.1 Å². The molecule has 0 bridgehead atoms. The first kappa shape index (κ1) is 19.0. The maximum atomic E-state index is 13.0. The second kappa shape index (κ2) is 7.57. The van der Waals surface area contributed by atoms with Crippen LogP contribution in [-0.2, 0) is 9.84 Å². The number of halogens is 1. The van der Waals surface area contributed by atoms with E-state index in [0.717, 1.165) is 10.8 Å². The predicted octanol–water partition coefficient (Wildman–Crippen LogP) is 4.50. The highest BCUT2D eigenvalue weighted by Gasteiger charge is 2.33. The molecular formula is C22H20ClNO3S. The van der Waals surface area contributed by atoms with Crippen LogP contribution in [-0.4, -0.2) is 38.1 Å². The van der Waals surface area contributed by atoms with E-state index in [1.165, 1.54) is 0 Å². The number of sulfone groups is 1. The molecule has 0 aliphatic carbocycles. The number of rotatable bonds is 2. The van der Waals surface area contributed by atoms with E-state index in [4.69, 9.17) is 11.6 Å². The van der Waals surface area contributed by atoms with Gasteiger partial charge < -0.3 is 4.90 Å². The molecule has 1 aliphatic heterocycles. The summed E-state index contributed by atoms with van der Waals surface area (Å²) < 4.78 is 25.7. The Bertz CT molecular complexity index is 1140. The average Bonchev–Trinajstić information content (AvgIpc) is 2.85. The molecule has 4 nitrogen and oxygen atoms in total. The van der Waals surface area contributed by atoms with Gasteiger partial charge in [-0.25, -0.2) is 8.42 Å². The molecule has 3 aromatic carbocycles. The fraction of sp³-hybridized carbons (Fsp3) is 0.227. The van der Waals surface area contributed by atoms with E-state index in [1.807, 2.05) is 36.4 Å². The minimum absolute atomic E-state index is 0.0673. The smallest absolute Gasteiger partial charge is 0.253 e. The normalized spacial score (nSPS) is 19.3. The van der Waals surface area contributed by atoms with Crippen molar-refractivity contribution in [2.75, 3.05) is 18.8 Å². The number of hydrogen-bond acceptors (Lipinski definition) is 3. The SMILES string of the molecule is O=C(c1ccc2ccccc2c1)N1CCC(c2ccccc2Cl)S(=O)(=O)CC1. The number of amides is 1. The Morgan fingerprint density at radius 1 is 0.929 bits per heavy atom. The van der Waals surface area contributed by atoms with Crippen molar-refractivity contribution in [2.45, 2.75) is 11.7 Å². The Morgan fingerprint density at radius 3 is 2.43 bits per heavy atom. The summed E-state index contributed by atoms with van der Waals surface area (Å²) in [6.07, 6.45) is 0.339. The highest BCUT2D eigenvalue weighted by atomic mass is 35.5. The zero-order valence-electron chi connectivity index (χ0n) is 15.2. The molecule has 0 radical (unpaired) electrons. The number of fused-ring (bicyclic) bond motifs is 1. The molecule has 0 saturated carbocycles. The molecule has 1 saturated heterocycles. The summed E-state index contributed by atoms with van der Waals surface area (Å²) in [6.45, 7) is 0.565. The van der Waals surface area contributed by atoms with Gasteiger partial charge in [0.05, 0.1) is 11.0 Å². The van der Waals surface area contributed by atoms with E-state index in [0.29, 0.717) is 29.1 Å². The van der Waals surface area contributed by atoms with Crippen molar-refractivity contribution in [1.29, 1.82) is 0 Å². The molecule has 0 aromatic heterocycles. The quantitative estimate of drug-likeness (QED) is 0.621. The van der Waals surface area contributed by atoms with Gasteiger partial charge >= 0.3 is 0 Å². The molecule has 1 fully saturated rings. The van der Waals surface area contributed by atoms with Crippen molar-refractivity contribution in [1.82, 2.24) is 4.90 Å². The topological polar surface area (TPSA) is 54.5 Å². The van der Waals surface area contributed by atoms with E-state index < -0.39 is 15.1 Å². The summed E-state index contributed by atoms with van der Waals surface area (Å²) in [6, 6.07) is 20.5. The lowest BCUT2D eigenvalue weighted by Gasteiger charge is -2.20. The van der Waals surface area contributed by atoms with Crippen molar-refractivity contribution in [2.24, 2.45) is 0 Å². The summed E-state index contributed by atoms with van der Waals surface area (Å²) in [5, 5.41) is 1.82. The second-order valence-corrected chi connectivity index (χ2v) is 9.73. The Morgan fingerprint density at radius 2 is 1.64 bits per heavy atom. The lowest BCUT2D eigenvalue weighted by atomic mass is 10.1. The van der Waals surface area contributed by atoms with E-state index in [9.17, 15) is 13.2 Å². The molecule has 1 amide bonds. The molecule has 4 rings (SSSR count). The summed E-state index contributed by atoms with van der Waals surface area (Å²) in [5.41, 5.74) is 1.19. The molecule has 1 unspecified atom stereocenters. The predicted molar refractivity (Wildman–Crippen MR) is 112 cm³/mol. The van der Waals surface area contributed by atoms with Crippen LogP contribution < -0.4 is 0 Å². The monoisotopic (exact) mass is 413 g/mol. The van der Waals surface area contributed by atoms with Crippen LogP contribution in [0.15, 0.2) is 66.7 Å². The van der Waals surface area contributed by atoms with E-state index >= 15 is 0 Å². The summed E-state index contributed by atoms with van der Waals surface area (Å²) in [7, 11) is -3.40. The number of hydrogen-bond donors (Lipinski definition) is 0.